The molecule has 1 unspecified atom stereocenters. The molecule has 0 radical (unpaired) electrons. The first kappa shape index (κ1) is 14.9. The van der Waals surface area contributed by atoms with Crippen LogP contribution in [0.3, 0.4) is 0 Å². The quantitative estimate of drug-likeness (QED) is 0.905. The molecule has 0 aliphatic heterocycles. The average Bonchev–Trinajstić information content (AvgIpc) is 2.13. The van der Waals surface area contributed by atoms with Crippen LogP contribution in [0, 0.1) is 13.8 Å². The molecule has 1 aromatic heterocycles. The van der Waals surface area contributed by atoms with Gasteiger partial charge in [0.25, 0.3) is 0 Å². The molecule has 0 bridgehead atoms. The molecule has 102 valence electrons. The third-order valence-corrected chi connectivity index (χ3v) is 2.73. The van der Waals surface area contributed by atoms with Crippen molar-refractivity contribution in [3.63, 3.8) is 0 Å². The van der Waals surface area contributed by atoms with Crippen LogP contribution in [-0.2, 0) is 6.42 Å². The van der Waals surface area contributed by atoms with Gasteiger partial charge < -0.3 is 5.32 Å². The molecular formula is C12H18F3N3. The van der Waals surface area contributed by atoms with Gasteiger partial charge in [-0.25, -0.2) is 9.97 Å². The lowest BCUT2D eigenvalue weighted by atomic mass is 9.98. The van der Waals surface area contributed by atoms with Crippen LogP contribution in [0.4, 0.5) is 13.2 Å². The number of aryl methyl sites for hydroxylation is 2. The smallest absolute Gasteiger partial charge is 0.319 e. The number of hydrogen-bond acceptors (Lipinski definition) is 3. The minimum absolute atomic E-state index is 0.155. The summed E-state index contributed by atoms with van der Waals surface area (Å²) in [6.45, 7) is 6.20. The van der Waals surface area contributed by atoms with Crippen molar-refractivity contribution in [1.82, 2.24) is 15.3 Å². The van der Waals surface area contributed by atoms with Gasteiger partial charge in [-0.05, 0) is 32.4 Å². The van der Waals surface area contributed by atoms with Crippen molar-refractivity contribution in [3.05, 3.63) is 22.8 Å². The first-order valence-corrected chi connectivity index (χ1v) is 5.80. The number of likely N-dealkylation sites (N-methyl/N-ethyl adjacent to an activating group) is 1. The fraction of sp³-hybridized carbons (Fsp3) is 0.667. The standard InChI is InChI=1S/C12H18F3N3/c1-7(6-16-4)11-8(2)17-10(18-9(11)3)5-12(13,14)15/h7,16H,5-6H2,1-4H3. The SMILES string of the molecule is CNCC(C)c1c(C)nc(CC(F)(F)F)nc1C. The highest BCUT2D eigenvalue weighted by atomic mass is 19.4. The highest BCUT2D eigenvalue weighted by molar-refractivity contribution is 5.28. The Bertz CT molecular complexity index is 393. The Labute approximate surface area is 105 Å². The number of rotatable bonds is 4. The summed E-state index contributed by atoms with van der Waals surface area (Å²) >= 11 is 0. The lowest BCUT2D eigenvalue weighted by Gasteiger charge is -2.17. The zero-order valence-electron chi connectivity index (χ0n) is 11.0. The average molecular weight is 261 g/mol. The Morgan fingerprint density at radius 2 is 1.67 bits per heavy atom. The van der Waals surface area contributed by atoms with Crippen molar-refractivity contribution in [3.8, 4) is 0 Å². The molecule has 1 aromatic rings. The number of nitrogens with one attached hydrogen (secondary N) is 1. The van der Waals surface area contributed by atoms with Gasteiger partial charge in [0.05, 0.1) is 0 Å². The summed E-state index contributed by atoms with van der Waals surface area (Å²) in [5, 5.41) is 3.04. The van der Waals surface area contributed by atoms with Gasteiger partial charge in [-0.3, -0.25) is 0 Å². The van der Waals surface area contributed by atoms with E-state index in [9.17, 15) is 13.2 Å². The molecule has 6 heteroatoms. The first-order chi connectivity index (χ1) is 8.24. The van der Waals surface area contributed by atoms with E-state index in [1.807, 2.05) is 14.0 Å². The van der Waals surface area contributed by atoms with Crippen LogP contribution >= 0.6 is 0 Å². The summed E-state index contributed by atoms with van der Waals surface area (Å²) in [5.74, 6) is 0.0212. The molecule has 0 aliphatic carbocycles. The van der Waals surface area contributed by atoms with Crippen molar-refractivity contribution in [1.29, 1.82) is 0 Å². The maximum absolute atomic E-state index is 12.3. The second-order valence-electron chi connectivity index (χ2n) is 4.48. The van der Waals surface area contributed by atoms with Crippen LogP contribution in [0.1, 0.15) is 35.6 Å². The molecule has 0 aromatic carbocycles. The Kier molecular flexibility index (Phi) is 4.67. The maximum atomic E-state index is 12.3. The number of nitrogens with zero attached hydrogens (tertiary/aromatic N) is 2. The van der Waals surface area contributed by atoms with Crippen molar-refractivity contribution in [2.45, 2.75) is 39.3 Å². The molecule has 1 rings (SSSR count). The lowest BCUT2D eigenvalue weighted by molar-refractivity contribution is -0.128. The van der Waals surface area contributed by atoms with E-state index < -0.39 is 12.6 Å². The molecule has 0 amide bonds. The first-order valence-electron chi connectivity index (χ1n) is 5.80. The van der Waals surface area contributed by atoms with Crippen molar-refractivity contribution in [2.75, 3.05) is 13.6 Å². The van der Waals surface area contributed by atoms with Gasteiger partial charge >= 0.3 is 6.18 Å². The summed E-state index contributed by atoms with van der Waals surface area (Å²) in [4.78, 5) is 7.93. The zero-order chi connectivity index (χ0) is 13.9. The predicted molar refractivity (Wildman–Crippen MR) is 63.6 cm³/mol. The number of hydrogen-bond donors (Lipinski definition) is 1. The molecule has 1 heterocycles. The number of halogens is 3. The Morgan fingerprint density at radius 1 is 1.17 bits per heavy atom. The highest BCUT2D eigenvalue weighted by Crippen LogP contribution is 2.24. The summed E-state index contributed by atoms with van der Waals surface area (Å²) < 4.78 is 36.9. The van der Waals surface area contributed by atoms with E-state index >= 15 is 0 Å². The van der Waals surface area contributed by atoms with E-state index in [1.54, 1.807) is 13.8 Å². The number of aromatic nitrogens is 2. The topological polar surface area (TPSA) is 37.8 Å². The van der Waals surface area contributed by atoms with Crippen molar-refractivity contribution >= 4 is 0 Å². The Balaban J connectivity index is 3.05. The summed E-state index contributed by atoms with van der Waals surface area (Å²) in [7, 11) is 1.83. The van der Waals surface area contributed by atoms with Gasteiger partial charge in [-0.15, -0.1) is 0 Å². The van der Waals surface area contributed by atoms with E-state index in [0.29, 0.717) is 11.4 Å². The van der Waals surface area contributed by atoms with E-state index in [1.165, 1.54) is 0 Å². The second-order valence-corrected chi connectivity index (χ2v) is 4.48. The zero-order valence-corrected chi connectivity index (χ0v) is 11.0. The van der Waals surface area contributed by atoms with Crippen molar-refractivity contribution < 1.29 is 13.2 Å². The normalized spacial score (nSPS) is 13.7. The van der Waals surface area contributed by atoms with Crippen LogP contribution in [0.25, 0.3) is 0 Å². The van der Waals surface area contributed by atoms with Crippen LogP contribution < -0.4 is 5.32 Å². The Morgan fingerprint density at radius 3 is 2.06 bits per heavy atom. The summed E-state index contributed by atoms with van der Waals surface area (Å²) in [6, 6.07) is 0. The van der Waals surface area contributed by atoms with Gasteiger partial charge in [0.2, 0.25) is 0 Å². The minimum atomic E-state index is -4.27. The molecule has 18 heavy (non-hydrogen) atoms. The molecule has 1 N–H and O–H groups in total. The molecule has 0 spiro atoms. The maximum Gasteiger partial charge on any atom is 0.396 e. The number of alkyl halides is 3. The van der Waals surface area contributed by atoms with E-state index in [0.717, 1.165) is 12.1 Å². The Hall–Kier alpha value is -1.17. The van der Waals surface area contributed by atoms with Crippen LogP contribution in [0.2, 0.25) is 0 Å². The van der Waals surface area contributed by atoms with Gasteiger partial charge in [0, 0.05) is 17.9 Å². The fourth-order valence-corrected chi connectivity index (χ4v) is 2.17. The van der Waals surface area contributed by atoms with Crippen LogP contribution in [-0.4, -0.2) is 29.7 Å². The van der Waals surface area contributed by atoms with Crippen LogP contribution in [0.5, 0.6) is 0 Å². The van der Waals surface area contributed by atoms with E-state index in [4.69, 9.17) is 0 Å². The van der Waals surface area contributed by atoms with Crippen LogP contribution in [0.15, 0.2) is 0 Å². The third kappa shape index (κ3) is 3.94. The monoisotopic (exact) mass is 261 g/mol. The predicted octanol–water partition coefficient (Wildman–Crippen LogP) is 2.52. The van der Waals surface area contributed by atoms with Gasteiger partial charge in [0.1, 0.15) is 12.2 Å². The largest absolute Gasteiger partial charge is 0.396 e. The molecule has 3 nitrogen and oxygen atoms in total. The summed E-state index contributed by atoms with van der Waals surface area (Å²) in [6.07, 6.45) is -5.34. The fourth-order valence-electron chi connectivity index (χ4n) is 2.17. The van der Waals surface area contributed by atoms with E-state index in [2.05, 4.69) is 15.3 Å². The molecule has 0 saturated heterocycles. The molecular weight excluding hydrogens is 243 g/mol. The van der Waals surface area contributed by atoms with Gasteiger partial charge in [-0.2, -0.15) is 13.2 Å². The van der Waals surface area contributed by atoms with Crippen molar-refractivity contribution in [2.24, 2.45) is 0 Å². The van der Waals surface area contributed by atoms with E-state index in [-0.39, 0.29) is 11.7 Å². The lowest BCUT2D eigenvalue weighted by Crippen LogP contribution is -2.20. The molecule has 0 fully saturated rings. The van der Waals surface area contributed by atoms with Gasteiger partial charge in [-0.1, -0.05) is 6.92 Å². The van der Waals surface area contributed by atoms with Gasteiger partial charge in [0.15, 0.2) is 0 Å². The molecule has 0 aliphatic rings. The minimum Gasteiger partial charge on any atom is -0.319 e. The second kappa shape index (κ2) is 5.65. The highest BCUT2D eigenvalue weighted by Gasteiger charge is 2.30. The molecule has 0 saturated carbocycles. The molecule has 1 atom stereocenters. The summed E-state index contributed by atoms with van der Waals surface area (Å²) in [5.41, 5.74) is 2.18. The third-order valence-electron chi connectivity index (χ3n) is 2.73.